The molecule has 0 saturated heterocycles. The van der Waals surface area contributed by atoms with Gasteiger partial charge in [0.1, 0.15) is 11.9 Å². The summed E-state index contributed by atoms with van der Waals surface area (Å²) in [6.07, 6.45) is 1.02. The summed E-state index contributed by atoms with van der Waals surface area (Å²) >= 11 is 6.19. The number of imidazole rings is 1. The first-order chi connectivity index (χ1) is 12.9. The molecule has 0 radical (unpaired) electrons. The minimum Gasteiger partial charge on any atom is -0.390 e. The molecule has 12 heteroatoms. The van der Waals surface area contributed by atoms with Crippen molar-refractivity contribution in [1.29, 1.82) is 0 Å². The number of nitrogen functional groups attached to an aromatic ring is 1. The molecule has 3 rings (SSSR count). The molecule has 2 heterocycles. The molecule has 1 aliphatic carbocycles. The monoisotopic (exact) mass is 419 g/mol. The zero-order valence-electron chi connectivity index (χ0n) is 15.1. The molecule has 1 aliphatic rings. The summed E-state index contributed by atoms with van der Waals surface area (Å²) in [5, 5.41) is 10.6. The fraction of sp³-hybridized carbons (Fsp3) is 0.667. The van der Waals surface area contributed by atoms with Gasteiger partial charge in [0, 0.05) is 6.04 Å². The Balaban J connectivity index is 1.72. The average Bonchev–Trinajstić information content (AvgIpc) is 3.17. The molecule has 10 nitrogen and oxygen atoms in total. The quantitative estimate of drug-likeness (QED) is 0.488. The highest BCUT2D eigenvalue weighted by Gasteiger charge is 2.38. The van der Waals surface area contributed by atoms with Crippen molar-refractivity contribution < 1.29 is 23.5 Å². The molecular formula is C15H23ClN5O5P. The van der Waals surface area contributed by atoms with Gasteiger partial charge in [-0.15, -0.1) is 0 Å². The lowest BCUT2D eigenvalue weighted by atomic mass is 10.2. The summed E-state index contributed by atoms with van der Waals surface area (Å²) in [6, 6.07) is -0.127. The largest absolute Gasteiger partial charge is 0.390 e. The van der Waals surface area contributed by atoms with E-state index in [2.05, 4.69) is 15.0 Å². The number of nitrogens with two attached hydrogens (primary N) is 1. The van der Waals surface area contributed by atoms with Crippen LogP contribution in [0.15, 0.2) is 6.33 Å². The number of aromatic nitrogens is 4. The fourth-order valence-corrected chi connectivity index (χ4v) is 4.90. The van der Waals surface area contributed by atoms with Crippen LogP contribution in [0.4, 0.5) is 5.95 Å². The smallest absolute Gasteiger partial charge is 0.356 e. The maximum Gasteiger partial charge on any atom is 0.356 e. The van der Waals surface area contributed by atoms with Crippen molar-refractivity contribution in [1.82, 2.24) is 19.5 Å². The van der Waals surface area contributed by atoms with Gasteiger partial charge in [-0.2, -0.15) is 9.97 Å². The van der Waals surface area contributed by atoms with Crippen LogP contribution < -0.4 is 5.73 Å². The SMILES string of the molecule is CCOP(=O)(CO[C@H]1C[C@@H](n2cnc3nc(N)nc(Cl)c32)C[C@@H]1O)OCC. The molecule has 2 aromatic heterocycles. The van der Waals surface area contributed by atoms with Crippen LogP contribution in [0.2, 0.25) is 5.15 Å². The van der Waals surface area contributed by atoms with E-state index in [0.717, 1.165) is 0 Å². The van der Waals surface area contributed by atoms with Gasteiger partial charge in [0.25, 0.3) is 0 Å². The number of ether oxygens (including phenoxy) is 1. The van der Waals surface area contributed by atoms with E-state index in [1.165, 1.54) is 0 Å². The average molecular weight is 420 g/mol. The highest BCUT2D eigenvalue weighted by molar-refractivity contribution is 7.53. The van der Waals surface area contributed by atoms with E-state index in [4.69, 9.17) is 31.1 Å². The summed E-state index contributed by atoms with van der Waals surface area (Å²) in [7, 11) is -3.34. The Bertz CT molecular complexity index is 839. The molecule has 3 N–H and O–H groups in total. The Morgan fingerprint density at radius 3 is 2.70 bits per heavy atom. The summed E-state index contributed by atoms with van der Waals surface area (Å²) in [5.74, 6) is 0.0491. The van der Waals surface area contributed by atoms with E-state index >= 15 is 0 Å². The zero-order valence-corrected chi connectivity index (χ0v) is 16.8. The molecule has 0 amide bonds. The molecule has 0 aromatic carbocycles. The predicted molar refractivity (Wildman–Crippen MR) is 99.6 cm³/mol. The van der Waals surface area contributed by atoms with Gasteiger partial charge < -0.3 is 29.2 Å². The van der Waals surface area contributed by atoms with Crippen molar-refractivity contribution in [2.75, 3.05) is 25.3 Å². The van der Waals surface area contributed by atoms with Crippen molar-refractivity contribution in [3.8, 4) is 0 Å². The molecule has 0 unspecified atom stereocenters. The zero-order chi connectivity index (χ0) is 19.6. The molecule has 0 aliphatic heterocycles. The number of fused-ring (bicyclic) bond motifs is 1. The molecular weight excluding hydrogens is 397 g/mol. The van der Waals surface area contributed by atoms with Gasteiger partial charge in [0.2, 0.25) is 5.95 Å². The number of nitrogens with zero attached hydrogens (tertiary/aromatic N) is 4. The second-order valence-corrected chi connectivity index (χ2v) is 8.52. The lowest BCUT2D eigenvalue weighted by Gasteiger charge is -2.21. The Kier molecular flexibility index (Phi) is 6.35. The van der Waals surface area contributed by atoms with Crippen LogP contribution in [0, 0.1) is 0 Å². The minimum atomic E-state index is -3.34. The van der Waals surface area contributed by atoms with Crippen LogP contribution in [0.1, 0.15) is 32.7 Å². The third kappa shape index (κ3) is 4.42. The third-order valence-electron chi connectivity index (χ3n) is 4.34. The molecule has 2 aromatic rings. The Morgan fingerprint density at radius 2 is 2.04 bits per heavy atom. The van der Waals surface area contributed by atoms with Crippen LogP contribution in [0.3, 0.4) is 0 Å². The minimum absolute atomic E-state index is 0.0491. The highest BCUT2D eigenvalue weighted by Crippen LogP contribution is 2.49. The number of hydrogen-bond acceptors (Lipinski definition) is 9. The van der Waals surface area contributed by atoms with Crippen LogP contribution >= 0.6 is 19.2 Å². The van der Waals surface area contributed by atoms with E-state index in [9.17, 15) is 9.67 Å². The van der Waals surface area contributed by atoms with Crippen LogP contribution in [0.5, 0.6) is 0 Å². The lowest BCUT2D eigenvalue weighted by Crippen LogP contribution is -2.23. The first-order valence-corrected chi connectivity index (χ1v) is 10.8. The molecule has 27 heavy (non-hydrogen) atoms. The number of aliphatic hydroxyl groups excluding tert-OH is 1. The molecule has 0 bridgehead atoms. The van der Waals surface area contributed by atoms with Crippen molar-refractivity contribution in [3.63, 3.8) is 0 Å². The maximum absolute atomic E-state index is 12.5. The summed E-state index contributed by atoms with van der Waals surface area (Å²) in [6.45, 7) is 3.96. The Labute approximate surface area is 161 Å². The van der Waals surface area contributed by atoms with E-state index in [-0.39, 0.29) is 36.7 Å². The molecule has 1 saturated carbocycles. The summed E-state index contributed by atoms with van der Waals surface area (Å²) < 4.78 is 30.5. The van der Waals surface area contributed by atoms with Crippen molar-refractivity contribution in [3.05, 3.63) is 11.5 Å². The first kappa shape index (κ1) is 20.4. The standard InChI is InChI=1S/C15H23ClN5O5P/c1-3-25-27(23,26-4-2)8-24-11-6-9(5-10(11)22)21-7-18-14-12(21)13(16)19-15(17)20-14/h7,9-11,22H,3-6,8H2,1-2H3,(H2,17,19,20)/t9-,10-,11-/m0/s1. The Morgan fingerprint density at radius 1 is 1.33 bits per heavy atom. The number of hydrogen-bond donors (Lipinski definition) is 2. The lowest BCUT2D eigenvalue weighted by molar-refractivity contribution is -0.00712. The second kappa shape index (κ2) is 8.38. The van der Waals surface area contributed by atoms with E-state index in [0.29, 0.717) is 24.0 Å². The topological polar surface area (TPSA) is 135 Å². The van der Waals surface area contributed by atoms with E-state index < -0.39 is 19.8 Å². The molecule has 1 fully saturated rings. The predicted octanol–water partition coefficient (Wildman–Crippen LogP) is 2.37. The van der Waals surface area contributed by atoms with Crippen LogP contribution in [0.25, 0.3) is 11.2 Å². The van der Waals surface area contributed by atoms with Gasteiger partial charge in [0.15, 0.2) is 10.8 Å². The summed E-state index contributed by atoms with van der Waals surface area (Å²) in [4.78, 5) is 12.2. The first-order valence-electron chi connectivity index (χ1n) is 8.70. The molecule has 0 spiro atoms. The fourth-order valence-electron chi connectivity index (χ4n) is 3.25. The number of aliphatic hydroxyl groups is 1. The van der Waals surface area contributed by atoms with Gasteiger partial charge >= 0.3 is 7.60 Å². The molecule has 150 valence electrons. The van der Waals surface area contributed by atoms with Gasteiger partial charge in [-0.1, -0.05) is 11.6 Å². The Hall–Kier alpha value is -1.29. The van der Waals surface area contributed by atoms with Crippen molar-refractivity contribution in [2.45, 2.75) is 44.9 Å². The van der Waals surface area contributed by atoms with Crippen molar-refractivity contribution in [2.24, 2.45) is 0 Å². The van der Waals surface area contributed by atoms with Gasteiger partial charge in [-0.3, -0.25) is 4.57 Å². The maximum atomic E-state index is 12.5. The normalized spacial score (nSPS) is 23.3. The third-order valence-corrected chi connectivity index (χ3v) is 6.37. The number of halogens is 1. The van der Waals surface area contributed by atoms with Crippen LogP contribution in [-0.4, -0.2) is 56.4 Å². The summed E-state index contributed by atoms with van der Waals surface area (Å²) in [5.41, 5.74) is 6.54. The highest BCUT2D eigenvalue weighted by atomic mass is 35.5. The van der Waals surface area contributed by atoms with Crippen molar-refractivity contribution >= 4 is 36.3 Å². The van der Waals surface area contributed by atoms with Crippen LogP contribution in [-0.2, 0) is 18.3 Å². The molecule has 3 atom stereocenters. The van der Waals surface area contributed by atoms with Gasteiger partial charge in [0.05, 0.1) is 31.7 Å². The number of anilines is 1. The van der Waals surface area contributed by atoms with Gasteiger partial charge in [-0.25, -0.2) is 4.98 Å². The second-order valence-electron chi connectivity index (χ2n) is 6.17. The van der Waals surface area contributed by atoms with E-state index in [1.54, 1.807) is 20.2 Å². The van der Waals surface area contributed by atoms with E-state index in [1.807, 2.05) is 4.57 Å². The number of rotatable bonds is 8. The van der Waals surface area contributed by atoms with Gasteiger partial charge in [-0.05, 0) is 26.7 Å².